The molecule has 5 heterocycles. The van der Waals surface area contributed by atoms with E-state index in [9.17, 15) is 72.3 Å². The molecule has 0 saturated carbocycles. The van der Waals surface area contributed by atoms with E-state index in [2.05, 4.69) is 101 Å². The number of nitrogens with one attached hydrogen (secondary N) is 19. The smallest absolute Gasteiger partial charge is 0.327 e. The number of H-pyrrole nitrogens is 1. The molecule has 0 radical (unpaired) electrons. The number of aliphatic hydroxyl groups excluding tert-OH is 1. The van der Waals surface area contributed by atoms with Crippen molar-refractivity contribution in [2.24, 2.45) is 35.3 Å². The molecule has 48 heteroatoms. The van der Waals surface area contributed by atoms with Gasteiger partial charge in [0.2, 0.25) is 106 Å². The van der Waals surface area contributed by atoms with Gasteiger partial charge in [-0.2, -0.15) is 35.3 Å². The fourth-order valence-electron chi connectivity index (χ4n) is 13.9. The summed E-state index contributed by atoms with van der Waals surface area (Å²) in [4.78, 5) is 296. The molecule has 2 aromatic rings. The molecule has 0 aliphatic carbocycles. The lowest BCUT2D eigenvalue weighted by molar-refractivity contribution is -0.141. The van der Waals surface area contributed by atoms with Crippen LogP contribution in [0.2, 0.25) is 0 Å². The fourth-order valence-corrected chi connectivity index (χ4v) is 18.5. The van der Waals surface area contributed by atoms with Gasteiger partial charge in [0.1, 0.15) is 96.7 Å². The lowest BCUT2D eigenvalue weighted by atomic mass is 9.96. The molecule has 4 bridgehead atoms. The minimum absolute atomic E-state index is 0.0970. The lowest BCUT2D eigenvalue weighted by Crippen LogP contribution is -2.63. The molecule has 1 aromatic heterocycles. The molecule has 716 valence electrons. The highest BCUT2D eigenvalue weighted by Crippen LogP contribution is 2.25. The number of hydrogen-bond acceptors (Lipinski definition) is 26. The number of carboxylic acid groups (broad SMARTS) is 2. The van der Waals surface area contributed by atoms with Gasteiger partial charge >= 0.3 is 11.9 Å². The summed E-state index contributed by atoms with van der Waals surface area (Å²) in [7, 11) is -2.60. The number of aliphatic hydroxyl groups is 1. The summed E-state index contributed by atoms with van der Waals surface area (Å²) in [6.45, 7) is 17.8. The summed E-state index contributed by atoms with van der Waals surface area (Å²) in [5.74, 6) is -30.7. The second-order valence-electron chi connectivity index (χ2n) is 33.6. The van der Waals surface area contributed by atoms with Gasteiger partial charge in [0.05, 0.1) is 36.7 Å². The number of carbonyl (C=O) groups is 20. The first-order valence-electron chi connectivity index (χ1n) is 42.6. The lowest BCUT2D eigenvalue weighted by Gasteiger charge is -2.32. The molecular weight excluding hydrogens is 1770 g/mol. The van der Waals surface area contributed by atoms with Crippen LogP contribution in [0.3, 0.4) is 0 Å². The number of aromatic amines is 1. The standard InChI is InChI=1S/C81H124N20O24S4/c1-15-37(9)60-76(118)88-47(21-22-57(105)106)69(111)91-52-31-127-40(12)62(101-73(115)51-30-126-29-45(82)66(108)90-50(28-102)67(109)84-26-55(103)87-49(71(113)96-58(35(5)6)74(116)92-51)24-43-25-83-46-20-18-17-19-44(43)46)78(120)89-48(23-34(3)4)70(112)100-63(79(121)99-60)41(13)128-32-53-72(114)86-39(11)65(107)94-54(81(123)124)33-129(125)42(14)64(95-56(104)27-85-68(52)110)80(122)97-59(36(7)8)75(117)98-61(38(10)16-2)77(119)93-53/h17-20,25,34-42,45,47-54,58-64,83,102H,15-16,21-24,26-33,82H2,1-14H3,(H,84,109)(H,85,110)(H,86,114)(H,87,103)(H,88,118)(H,89,120)(H,90,108)(H,91,111)(H,92,116)(H,93,119)(H,94,107)(H,95,104)(H,96,113)(H,97,122)(H,98,117)(H,99,121)(H,100,112)(H,101,115)(H,105,106)(H,123,124)/t37?,38?,39-,40-,41-,42-,45-,47-,48-,49-,50-,51-,52-,53-,54-,58-,59-,60-,61-,62+,63+,64-,129?/m0/s1. The topological polar surface area (TPSA) is 678 Å². The first-order chi connectivity index (χ1) is 60.7. The predicted octanol–water partition coefficient (Wildman–Crippen LogP) is -6.39. The molecule has 0 spiro atoms. The van der Waals surface area contributed by atoms with Gasteiger partial charge < -0.3 is 122 Å². The van der Waals surface area contributed by atoms with Crippen LogP contribution in [0.4, 0.5) is 0 Å². The Morgan fingerprint density at radius 3 is 1.60 bits per heavy atom. The van der Waals surface area contributed by atoms with Crippen LogP contribution in [0.15, 0.2) is 30.5 Å². The Hall–Kier alpha value is -10.7. The fraction of sp³-hybridized carbons (Fsp3) is 0.654. The summed E-state index contributed by atoms with van der Waals surface area (Å²) in [5, 5.41) is 72.5. The molecule has 24 N–H and O–H groups in total. The van der Waals surface area contributed by atoms with Crippen molar-refractivity contribution >= 4 is 175 Å². The van der Waals surface area contributed by atoms with Crippen molar-refractivity contribution in [1.29, 1.82) is 0 Å². The van der Waals surface area contributed by atoms with Crippen LogP contribution < -0.4 is 101 Å². The summed E-state index contributed by atoms with van der Waals surface area (Å²) in [6.07, 6.45) is -0.198. The normalized spacial score (nSPS) is 30.4. The van der Waals surface area contributed by atoms with E-state index in [1.54, 1.807) is 65.1 Å². The van der Waals surface area contributed by atoms with Crippen molar-refractivity contribution < 1.29 is 115 Å². The Balaban J connectivity index is 1.62. The summed E-state index contributed by atoms with van der Waals surface area (Å²) < 4.78 is 14.6. The van der Waals surface area contributed by atoms with E-state index in [1.165, 1.54) is 48.5 Å². The van der Waals surface area contributed by atoms with Gasteiger partial charge in [-0.05, 0) is 67.9 Å². The quantitative estimate of drug-likeness (QED) is 0.0655. The first-order valence-corrected chi connectivity index (χ1v) is 47.3. The molecule has 6 rings (SSSR count). The monoisotopic (exact) mass is 1890 g/mol. The minimum Gasteiger partial charge on any atom is -0.481 e. The van der Waals surface area contributed by atoms with E-state index >= 15 is 43.2 Å². The van der Waals surface area contributed by atoms with Gasteiger partial charge in [-0.3, -0.25) is 95.3 Å². The number of fused-ring (bicyclic) bond motifs is 19. The maximum absolute atomic E-state index is 15.9. The zero-order valence-electron chi connectivity index (χ0n) is 74.3. The number of benzene rings is 1. The highest BCUT2D eigenvalue weighted by atomic mass is 32.2. The van der Waals surface area contributed by atoms with Crippen LogP contribution in [0, 0.1) is 29.6 Å². The number of thioether (sulfide) groups is 3. The molecule has 18 amide bonds. The number of para-hydroxylation sites is 1. The van der Waals surface area contributed by atoms with Crippen molar-refractivity contribution in [2.75, 3.05) is 48.5 Å². The number of aromatic nitrogens is 1. The molecule has 129 heavy (non-hydrogen) atoms. The van der Waals surface area contributed by atoms with Gasteiger partial charge in [0.15, 0.2) is 0 Å². The van der Waals surface area contributed by atoms with E-state index < -0.39 is 338 Å². The van der Waals surface area contributed by atoms with E-state index in [-0.39, 0.29) is 25.7 Å². The molecule has 4 fully saturated rings. The van der Waals surface area contributed by atoms with Crippen molar-refractivity contribution in [3.05, 3.63) is 36.0 Å². The number of amides is 18. The molecule has 4 aliphatic rings. The summed E-state index contributed by atoms with van der Waals surface area (Å²) in [6, 6.07) is -23.2. The average molecular weight is 1890 g/mol. The van der Waals surface area contributed by atoms with Gasteiger partial charge in [-0.1, -0.05) is 114 Å². The highest BCUT2D eigenvalue weighted by Gasteiger charge is 2.45. The molecule has 1 aromatic carbocycles. The maximum Gasteiger partial charge on any atom is 0.327 e. The van der Waals surface area contributed by atoms with Crippen molar-refractivity contribution in [1.82, 2.24) is 101 Å². The zero-order valence-corrected chi connectivity index (χ0v) is 77.6. The van der Waals surface area contributed by atoms with Gasteiger partial charge in [-0.15, -0.1) is 0 Å². The minimum atomic E-state index is -2.60. The number of aliphatic carboxylic acids is 2. The molecular formula is C81H124N20O24S4. The van der Waals surface area contributed by atoms with E-state index in [1.807, 2.05) is 0 Å². The number of nitrogens with two attached hydrogens (primary N) is 1. The highest BCUT2D eigenvalue weighted by molar-refractivity contribution is 8.00. The van der Waals surface area contributed by atoms with E-state index in [0.29, 0.717) is 40.0 Å². The Bertz CT molecular complexity index is 4470. The Kier molecular flexibility index (Phi) is 41.9. The second kappa shape index (κ2) is 50.5. The van der Waals surface area contributed by atoms with Crippen molar-refractivity contribution in [3.8, 4) is 0 Å². The Labute approximate surface area is 761 Å². The SMILES string of the molecule is CCC(C)[C@@H]1NC(=O)[C@H](C(C)C)NC(=O)[C@H]2NC(=O)CNC(=O)[C@@H]3CS[C@@H](C)[C@@H](NC(=O)[C@@H]4CSC[C@H](N)C(=O)N[C@@H](CO)C(=O)NCC(=O)N[C@@H](Cc5c[nH]c6ccccc56)C(=O)N[C@@H](C(C)C)C(=O)N4)C(=O)N[C@@H](CC(C)C)C(=O)N[C@@H](C(=O)N[C@@H](C(C)CC)C(=O)N[C@@H](CCC(=O)O)C(=O)N3)[C@H](C)SC[C@H](NC1=O)C(=O)N[C@@H](C)C(=O)N[C@H](C(=O)O)CS(=O)[C@H]2C. The zero-order chi connectivity index (χ0) is 96.3. The van der Waals surface area contributed by atoms with Gasteiger partial charge in [-0.25, -0.2) is 4.79 Å². The molecule has 4 saturated heterocycles. The van der Waals surface area contributed by atoms with Crippen molar-refractivity contribution in [2.45, 2.75) is 254 Å². The average Bonchev–Trinajstić information content (AvgIpc) is 1.73. The maximum atomic E-state index is 15.9. The van der Waals surface area contributed by atoms with E-state index in [0.717, 1.165) is 25.6 Å². The third-order valence-electron chi connectivity index (χ3n) is 22.3. The number of carboxylic acids is 2. The number of hydrogen-bond donors (Lipinski definition) is 23. The Morgan fingerprint density at radius 2 is 1.00 bits per heavy atom. The number of carbonyl (C=O) groups excluding carboxylic acids is 18. The molecule has 3 unspecified atom stereocenters. The number of rotatable bonds is 17. The predicted molar refractivity (Wildman–Crippen MR) is 476 cm³/mol. The van der Waals surface area contributed by atoms with Crippen LogP contribution in [0.5, 0.6) is 0 Å². The van der Waals surface area contributed by atoms with Crippen LogP contribution >= 0.6 is 35.3 Å². The molecule has 23 atom stereocenters. The van der Waals surface area contributed by atoms with Crippen LogP contribution in [-0.4, -0.2) is 310 Å². The van der Waals surface area contributed by atoms with Crippen LogP contribution in [0.25, 0.3) is 10.9 Å². The third-order valence-corrected chi connectivity index (χ3v) is 27.8. The molecule has 44 nitrogen and oxygen atoms in total. The summed E-state index contributed by atoms with van der Waals surface area (Å²) in [5.41, 5.74) is 7.53. The Morgan fingerprint density at radius 1 is 0.496 bits per heavy atom. The largest absolute Gasteiger partial charge is 0.481 e. The second-order valence-corrected chi connectivity index (χ2v) is 39.3. The van der Waals surface area contributed by atoms with Gasteiger partial charge in [0, 0.05) is 74.3 Å². The van der Waals surface area contributed by atoms with Crippen molar-refractivity contribution in [3.63, 3.8) is 0 Å². The van der Waals surface area contributed by atoms with Gasteiger partial charge in [0.25, 0.3) is 0 Å². The van der Waals surface area contributed by atoms with E-state index in [4.69, 9.17) is 5.73 Å². The van der Waals surface area contributed by atoms with Crippen LogP contribution in [0.1, 0.15) is 135 Å². The van der Waals surface area contributed by atoms with Crippen LogP contribution in [-0.2, 0) is 113 Å². The summed E-state index contributed by atoms with van der Waals surface area (Å²) >= 11 is 2.12. The molecule has 4 aliphatic heterocycles. The first kappa shape index (κ1) is 107. The third kappa shape index (κ3) is 31.5.